The molecule has 0 amide bonds. The maximum Gasteiger partial charge on any atom is 0.306 e. The molecule has 2 nitrogen and oxygen atoms in total. The Bertz CT molecular complexity index is 784. The Morgan fingerprint density at radius 3 is 2.43 bits per heavy atom. The highest BCUT2D eigenvalue weighted by molar-refractivity contribution is 9.12. The quantitative estimate of drug-likeness (QED) is 0.134. The highest BCUT2D eigenvalue weighted by Gasteiger charge is 2.67. The summed E-state index contributed by atoms with van der Waals surface area (Å²) in [5.41, 5.74) is 0.788. The number of halogens is 2. The van der Waals surface area contributed by atoms with Crippen LogP contribution in [-0.4, -0.2) is 21.2 Å². The van der Waals surface area contributed by atoms with E-state index in [0.717, 1.165) is 67.6 Å². The molecular formula is C33H56Br2O2. The Kier molecular flexibility index (Phi) is 9.95. The number of hydrogen-bond acceptors (Lipinski definition) is 2. The first kappa shape index (κ1) is 30.4. The normalized spacial score (nSPS) is 44.1. The predicted molar refractivity (Wildman–Crippen MR) is 163 cm³/mol. The maximum atomic E-state index is 12.5. The molecule has 0 radical (unpaired) electrons. The fraction of sp³-hybridized carbons (Fsp3) is 0.970. The van der Waals surface area contributed by atoms with Gasteiger partial charge in [-0.3, -0.25) is 4.79 Å². The van der Waals surface area contributed by atoms with Crippen molar-refractivity contribution >= 4 is 37.8 Å². The van der Waals surface area contributed by atoms with E-state index in [4.69, 9.17) is 4.74 Å². The van der Waals surface area contributed by atoms with Gasteiger partial charge in [-0.25, -0.2) is 0 Å². The molecule has 0 heterocycles. The van der Waals surface area contributed by atoms with E-state index in [1.165, 1.54) is 57.8 Å². The van der Waals surface area contributed by atoms with Crippen LogP contribution in [0.25, 0.3) is 0 Å². The number of unbranched alkanes of at least 4 members (excludes halogenated alkanes) is 2. The number of rotatable bonds is 10. The zero-order chi connectivity index (χ0) is 27.0. The van der Waals surface area contributed by atoms with Gasteiger partial charge in [-0.2, -0.15) is 0 Å². The van der Waals surface area contributed by atoms with Crippen LogP contribution in [-0.2, 0) is 9.53 Å². The third-order valence-electron chi connectivity index (χ3n) is 12.2. The lowest BCUT2D eigenvalue weighted by molar-refractivity contribution is -0.158. The second kappa shape index (κ2) is 12.1. The standard InChI is InChI=1S/C33H56Br2O2/c1-7-8-9-13-30(36)37-24-16-19-32(6)28-17-18-31(5)26(23(4)12-10-11-22(2)3)14-15-27(31)25(28)20-29(34)33(32,35)21-24/h22-29H,7-21H2,1-6H3. The van der Waals surface area contributed by atoms with E-state index in [2.05, 4.69) is 73.4 Å². The molecule has 0 aromatic rings. The van der Waals surface area contributed by atoms with Crippen molar-refractivity contribution in [3.05, 3.63) is 0 Å². The van der Waals surface area contributed by atoms with Crippen molar-refractivity contribution in [3.8, 4) is 0 Å². The summed E-state index contributed by atoms with van der Waals surface area (Å²) in [7, 11) is 0. The molecule has 0 saturated heterocycles. The molecule has 4 saturated carbocycles. The monoisotopic (exact) mass is 642 g/mol. The third kappa shape index (κ3) is 5.78. The summed E-state index contributed by atoms with van der Waals surface area (Å²) in [5.74, 6) is 5.12. The Morgan fingerprint density at radius 1 is 0.973 bits per heavy atom. The Hall–Kier alpha value is 0.430. The molecule has 4 heteroatoms. The minimum absolute atomic E-state index is 0.0175. The van der Waals surface area contributed by atoms with Gasteiger partial charge in [0.25, 0.3) is 0 Å². The summed E-state index contributed by atoms with van der Waals surface area (Å²) >= 11 is 8.62. The summed E-state index contributed by atoms with van der Waals surface area (Å²) in [6.07, 6.45) is 18.2. The largest absolute Gasteiger partial charge is 0.462 e. The lowest BCUT2D eigenvalue weighted by Crippen LogP contribution is -2.64. The van der Waals surface area contributed by atoms with Crippen molar-refractivity contribution in [2.45, 2.75) is 153 Å². The van der Waals surface area contributed by atoms with Gasteiger partial charge in [-0.1, -0.05) is 106 Å². The van der Waals surface area contributed by atoms with Gasteiger partial charge in [-0.15, -0.1) is 0 Å². The van der Waals surface area contributed by atoms with Gasteiger partial charge >= 0.3 is 5.97 Å². The third-order valence-corrected chi connectivity index (χ3v) is 15.7. The maximum absolute atomic E-state index is 12.5. The van der Waals surface area contributed by atoms with Gasteiger partial charge in [0.05, 0.1) is 0 Å². The number of hydrogen-bond donors (Lipinski definition) is 0. The molecule has 0 spiro atoms. The predicted octanol–water partition coefficient (Wildman–Crippen LogP) is 10.5. The Morgan fingerprint density at radius 2 is 1.73 bits per heavy atom. The zero-order valence-corrected chi connectivity index (χ0v) is 28.0. The minimum atomic E-state index is 0.0175. The molecule has 10 unspecified atom stereocenters. The average Bonchev–Trinajstić information content (AvgIpc) is 3.18. The van der Waals surface area contributed by atoms with E-state index < -0.39 is 0 Å². The van der Waals surface area contributed by atoms with E-state index in [9.17, 15) is 4.79 Å². The highest BCUT2D eigenvalue weighted by atomic mass is 79.9. The van der Waals surface area contributed by atoms with Crippen LogP contribution < -0.4 is 0 Å². The fourth-order valence-corrected chi connectivity index (χ4v) is 12.2. The summed E-state index contributed by atoms with van der Waals surface area (Å²) in [6, 6.07) is 0. The molecule has 0 aliphatic heterocycles. The molecule has 214 valence electrons. The van der Waals surface area contributed by atoms with Crippen molar-refractivity contribution in [2.24, 2.45) is 46.3 Å². The van der Waals surface area contributed by atoms with Crippen molar-refractivity contribution < 1.29 is 9.53 Å². The average molecular weight is 645 g/mol. The van der Waals surface area contributed by atoms with Crippen LogP contribution >= 0.6 is 31.9 Å². The van der Waals surface area contributed by atoms with Crippen LogP contribution in [0.15, 0.2) is 0 Å². The second-order valence-electron chi connectivity index (χ2n) is 14.7. The van der Waals surface area contributed by atoms with Gasteiger partial charge < -0.3 is 4.74 Å². The lowest BCUT2D eigenvalue weighted by atomic mass is 9.44. The summed E-state index contributed by atoms with van der Waals surface area (Å²) in [4.78, 5) is 13.0. The van der Waals surface area contributed by atoms with Crippen molar-refractivity contribution in [2.75, 3.05) is 0 Å². The molecule has 37 heavy (non-hydrogen) atoms. The number of alkyl halides is 2. The number of fused-ring (bicyclic) bond motifs is 5. The SMILES string of the molecule is CCCCCC(=O)OC1CCC2(C)C3CCC4(C)C(C(C)CCCC(C)C)CCC4C3CC(Br)C2(Br)C1. The topological polar surface area (TPSA) is 26.3 Å². The van der Waals surface area contributed by atoms with Gasteiger partial charge in [0, 0.05) is 22.0 Å². The van der Waals surface area contributed by atoms with Crippen LogP contribution in [0, 0.1) is 46.3 Å². The molecule has 0 aromatic carbocycles. The Balaban J connectivity index is 1.44. The van der Waals surface area contributed by atoms with Crippen molar-refractivity contribution in [1.82, 2.24) is 0 Å². The molecule has 4 aliphatic carbocycles. The van der Waals surface area contributed by atoms with Gasteiger partial charge in [0.15, 0.2) is 0 Å². The second-order valence-corrected chi connectivity index (χ2v) is 17.2. The van der Waals surface area contributed by atoms with Gasteiger partial charge in [-0.05, 0) is 97.7 Å². The van der Waals surface area contributed by atoms with Crippen LogP contribution in [0.3, 0.4) is 0 Å². The van der Waals surface area contributed by atoms with Crippen LogP contribution in [0.1, 0.15) is 138 Å². The number of carbonyl (C=O) groups is 1. The Labute approximate surface area is 245 Å². The smallest absolute Gasteiger partial charge is 0.306 e. The molecule has 0 bridgehead atoms. The summed E-state index contributed by atoms with van der Waals surface area (Å²) < 4.78 is 6.08. The van der Waals surface area contributed by atoms with Gasteiger partial charge in [0.2, 0.25) is 0 Å². The first-order valence-corrected chi connectivity index (χ1v) is 17.7. The van der Waals surface area contributed by atoms with E-state index >= 15 is 0 Å². The molecule has 4 aliphatic rings. The molecule has 4 rings (SSSR count). The minimum Gasteiger partial charge on any atom is -0.462 e. The first-order valence-electron chi connectivity index (χ1n) is 16.0. The zero-order valence-electron chi connectivity index (χ0n) is 24.8. The molecule has 10 atom stereocenters. The number of esters is 1. The highest BCUT2D eigenvalue weighted by Crippen LogP contribution is 2.71. The number of carbonyl (C=O) groups excluding carboxylic acids is 1. The molecule has 0 aromatic heterocycles. The lowest BCUT2D eigenvalue weighted by Gasteiger charge is -2.66. The van der Waals surface area contributed by atoms with E-state index in [-0.39, 0.29) is 21.8 Å². The van der Waals surface area contributed by atoms with Crippen LogP contribution in [0.5, 0.6) is 0 Å². The van der Waals surface area contributed by atoms with Crippen molar-refractivity contribution in [3.63, 3.8) is 0 Å². The molecular weight excluding hydrogens is 588 g/mol. The molecule has 4 fully saturated rings. The fourth-order valence-electron chi connectivity index (χ4n) is 10.0. The van der Waals surface area contributed by atoms with E-state index in [1.54, 1.807) is 0 Å². The summed E-state index contributed by atoms with van der Waals surface area (Å²) in [6.45, 7) is 14.8. The number of ether oxygens (including phenoxy) is 1. The summed E-state index contributed by atoms with van der Waals surface area (Å²) in [5, 5.41) is 0. The van der Waals surface area contributed by atoms with Crippen LogP contribution in [0.4, 0.5) is 0 Å². The van der Waals surface area contributed by atoms with Gasteiger partial charge in [0.1, 0.15) is 6.10 Å². The van der Waals surface area contributed by atoms with Crippen LogP contribution in [0.2, 0.25) is 0 Å². The van der Waals surface area contributed by atoms with E-state index in [1.807, 2.05) is 0 Å². The molecule has 0 N–H and O–H groups in total. The first-order chi connectivity index (χ1) is 17.5. The van der Waals surface area contributed by atoms with Crippen molar-refractivity contribution in [1.29, 1.82) is 0 Å². The van der Waals surface area contributed by atoms with E-state index in [0.29, 0.717) is 16.7 Å².